The predicted octanol–water partition coefficient (Wildman–Crippen LogP) is 5.24. The zero-order chi connectivity index (χ0) is 18.3. The van der Waals surface area contributed by atoms with Crippen LogP contribution in [0.2, 0.25) is 16.6 Å². The monoisotopic (exact) mass is 412 g/mol. The topological polar surface area (TPSA) is 61.3 Å². The van der Waals surface area contributed by atoms with Crippen LogP contribution in [-0.2, 0) is 9.84 Å². The van der Waals surface area contributed by atoms with Crippen molar-refractivity contribution in [3.63, 3.8) is 0 Å². The molecule has 0 saturated heterocycles. The Balaban J connectivity index is 2.42. The fraction of sp³-hybridized carbons (Fsp3) is 0.684. The molecule has 1 aromatic rings. The average Bonchev–Trinajstić information content (AvgIpc) is 3.25. The van der Waals surface area contributed by atoms with Crippen LogP contribution in [0.15, 0.2) is 28.7 Å². The second-order valence-electron chi connectivity index (χ2n) is 8.31. The van der Waals surface area contributed by atoms with Crippen LogP contribution in [0.3, 0.4) is 0 Å². The lowest BCUT2D eigenvalue weighted by atomic mass is 9.91. The molecule has 0 aromatic heterocycles. The molecule has 0 aliphatic heterocycles. The van der Waals surface area contributed by atoms with Crippen LogP contribution in [0.5, 0.6) is 0 Å². The van der Waals surface area contributed by atoms with Crippen molar-refractivity contribution >= 4 is 24.2 Å². The summed E-state index contributed by atoms with van der Waals surface area (Å²) >= 11 is 3.57. The van der Waals surface area contributed by atoms with Crippen LogP contribution in [0.4, 0.5) is 0 Å². The number of hydrogen-bond donors (Lipinski definition) is 2. The lowest BCUT2D eigenvalue weighted by Crippen LogP contribution is -2.68. The lowest BCUT2D eigenvalue weighted by molar-refractivity contribution is 0.0211. The molecule has 0 spiro atoms. The van der Waals surface area contributed by atoms with Gasteiger partial charge in [0, 0.05) is 4.47 Å². The quantitative estimate of drug-likeness (QED) is 0.474. The third kappa shape index (κ3) is 3.26. The molecule has 1 aromatic carbocycles. The largest absolute Gasteiger partial charge is 0.386 e. The van der Waals surface area contributed by atoms with Gasteiger partial charge < -0.3 is 4.43 Å². The molecule has 0 atom stereocenters. The van der Waals surface area contributed by atoms with E-state index in [-0.39, 0.29) is 5.41 Å². The van der Waals surface area contributed by atoms with Gasteiger partial charge in [-0.25, -0.2) is 0 Å². The second-order valence-corrected chi connectivity index (χ2v) is 14.6. The van der Waals surface area contributed by atoms with E-state index in [4.69, 9.17) is 15.9 Å². The summed E-state index contributed by atoms with van der Waals surface area (Å²) in [4.78, 5) is 0. The molecule has 1 aliphatic rings. The summed E-state index contributed by atoms with van der Waals surface area (Å²) in [5.74, 6) is -1.13. The minimum Gasteiger partial charge on any atom is -0.386 e. The van der Waals surface area contributed by atoms with Gasteiger partial charge in [0.05, 0.1) is 5.41 Å². The lowest BCUT2D eigenvalue weighted by Gasteiger charge is -2.49. The first-order chi connectivity index (χ1) is 11.0. The maximum absolute atomic E-state index is 6.81. The van der Waals surface area contributed by atoms with Gasteiger partial charge in [-0.05, 0) is 47.2 Å². The Kier molecular flexibility index (Phi) is 5.73. The highest BCUT2D eigenvalue weighted by atomic mass is 79.9. The summed E-state index contributed by atoms with van der Waals surface area (Å²) in [5, 5.41) is 0. The first-order valence-electron chi connectivity index (χ1n) is 9.03. The van der Waals surface area contributed by atoms with Crippen molar-refractivity contribution in [2.24, 2.45) is 11.5 Å². The summed E-state index contributed by atoms with van der Waals surface area (Å²) in [7, 11) is -2.14. The molecule has 0 bridgehead atoms. The Hall–Kier alpha value is -0.203. The van der Waals surface area contributed by atoms with Crippen LogP contribution in [0, 0.1) is 0 Å². The normalized spacial score (nSPS) is 17.8. The minimum atomic E-state index is -2.14. The Bertz CT molecular complexity index is 561. The maximum Gasteiger partial charge on any atom is 0.204 e. The van der Waals surface area contributed by atoms with E-state index in [0.29, 0.717) is 16.6 Å². The van der Waals surface area contributed by atoms with Crippen LogP contribution < -0.4 is 11.5 Å². The van der Waals surface area contributed by atoms with E-state index in [1.165, 1.54) is 5.56 Å². The summed E-state index contributed by atoms with van der Waals surface area (Å²) in [6.45, 7) is 13.6. The van der Waals surface area contributed by atoms with Crippen molar-refractivity contribution in [2.75, 3.05) is 0 Å². The summed E-state index contributed by atoms with van der Waals surface area (Å²) in [6, 6.07) is 8.34. The van der Waals surface area contributed by atoms with Crippen molar-refractivity contribution in [3.05, 3.63) is 34.3 Å². The molecule has 4 N–H and O–H groups in total. The molecule has 1 fully saturated rings. The third-order valence-electron chi connectivity index (χ3n) is 5.93. The second kappa shape index (κ2) is 6.84. The van der Waals surface area contributed by atoms with Crippen LogP contribution >= 0.6 is 15.9 Å². The smallest absolute Gasteiger partial charge is 0.204 e. The molecule has 136 valence electrons. The Labute approximate surface area is 156 Å². The average molecular weight is 413 g/mol. The van der Waals surface area contributed by atoms with E-state index in [2.05, 4.69) is 69.6 Å². The van der Waals surface area contributed by atoms with E-state index in [9.17, 15) is 0 Å². The summed E-state index contributed by atoms with van der Waals surface area (Å²) in [5.41, 5.74) is 15.7. The van der Waals surface area contributed by atoms with E-state index in [1.807, 2.05) is 12.1 Å². The minimum absolute atomic E-state index is 0.270. The molecule has 0 heterocycles. The van der Waals surface area contributed by atoms with E-state index in [1.54, 1.807) is 0 Å². The fourth-order valence-electron chi connectivity index (χ4n) is 4.56. The predicted molar refractivity (Wildman–Crippen MR) is 108 cm³/mol. The van der Waals surface area contributed by atoms with E-state index < -0.39 is 14.2 Å². The van der Waals surface area contributed by atoms with Gasteiger partial charge in [0.15, 0.2) is 5.85 Å². The number of benzene rings is 1. The fourth-order valence-corrected chi connectivity index (χ4v) is 10.4. The molecule has 0 unspecified atom stereocenters. The Morgan fingerprint density at radius 1 is 1.04 bits per heavy atom. The van der Waals surface area contributed by atoms with Gasteiger partial charge in [0.25, 0.3) is 0 Å². The maximum atomic E-state index is 6.81. The summed E-state index contributed by atoms with van der Waals surface area (Å²) < 4.78 is 7.87. The van der Waals surface area contributed by atoms with E-state index >= 15 is 0 Å². The highest BCUT2D eigenvalue weighted by Crippen LogP contribution is 2.56. The molecule has 1 aliphatic carbocycles. The van der Waals surface area contributed by atoms with Crippen LogP contribution in [-0.4, -0.2) is 14.2 Å². The number of rotatable bonds is 7. The van der Waals surface area contributed by atoms with Gasteiger partial charge in [-0.3, -0.25) is 11.5 Å². The first-order valence-corrected chi connectivity index (χ1v) is 12.0. The van der Waals surface area contributed by atoms with Crippen molar-refractivity contribution in [1.29, 1.82) is 0 Å². The van der Waals surface area contributed by atoms with Gasteiger partial charge in [-0.15, -0.1) is 0 Å². The molecular formula is C19H33BrN2OSi. The first kappa shape index (κ1) is 20.1. The zero-order valence-electron chi connectivity index (χ0n) is 15.9. The standard InChI is InChI=1S/C19H33BrN2OSi/c1-13(2)24(14(3)4,15(5)6)23-19(21,22)18(10-11-18)16-8-7-9-17(20)12-16/h7-9,12-15H,10-11,21-22H2,1-6H3. The number of hydrogen-bond acceptors (Lipinski definition) is 3. The molecule has 0 amide bonds. The number of nitrogens with two attached hydrogens (primary N) is 2. The summed E-state index contributed by atoms with van der Waals surface area (Å²) in [6.07, 6.45) is 1.96. The SMILES string of the molecule is CC(C)[Si](OC(N)(N)C1(c2cccc(Br)c2)CC1)(C(C)C)C(C)C. The van der Waals surface area contributed by atoms with Crippen LogP contribution in [0.1, 0.15) is 59.9 Å². The highest BCUT2D eigenvalue weighted by Gasteiger charge is 2.62. The zero-order valence-corrected chi connectivity index (χ0v) is 18.5. The van der Waals surface area contributed by atoms with Crippen molar-refractivity contribution in [3.8, 4) is 0 Å². The molecule has 2 rings (SSSR count). The molecule has 24 heavy (non-hydrogen) atoms. The Morgan fingerprint density at radius 2 is 1.54 bits per heavy atom. The molecule has 5 heteroatoms. The number of halogens is 1. The van der Waals surface area contributed by atoms with E-state index in [0.717, 1.165) is 17.3 Å². The van der Waals surface area contributed by atoms with Crippen LogP contribution in [0.25, 0.3) is 0 Å². The molecule has 1 saturated carbocycles. The third-order valence-corrected chi connectivity index (χ3v) is 12.5. The van der Waals surface area contributed by atoms with Gasteiger partial charge in [0.2, 0.25) is 8.32 Å². The van der Waals surface area contributed by atoms with Crippen molar-refractivity contribution in [1.82, 2.24) is 0 Å². The molecule has 0 radical (unpaired) electrons. The highest BCUT2D eigenvalue weighted by molar-refractivity contribution is 9.10. The van der Waals surface area contributed by atoms with Crippen molar-refractivity contribution < 1.29 is 4.43 Å². The van der Waals surface area contributed by atoms with Crippen molar-refractivity contribution in [2.45, 2.75) is 82.3 Å². The van der Waals surface area contributed by atoms with Gasteiger partial charge in [-0.2, -0.15) is 0 Å². The van der Waals surface area contributed by atoms with Gasteiger partial charge >= 0.3 is 0 Å². The van der Waals surface area contributed by atoms with Gasteiger partial charge in [-0.1, -0.05) is 69.6 Å². The Morgan fingerprint density at radius 3 is 1.92 bits per heavy atom. The molecule has 3 nitrogen and oxygen atoms in total. The molecular weight excluding hydrogens is 380 g/mol. The van der Waals surface area contributed by atoms with Gasteiger partial charge in [0.1, 0.15) is 0 Å².